The van der Waals surface area contributed by atoms with Crippen LogP contribution in [-0.4, -0.2) is 20.9 Å². The Morgan fingerprint density at radius 3 is 2.64 bits per heavy atom. The average molecular weight is 350 g/mol. The molecule has 2 N–H and O–H groups in total. The lowest BCUT2D eigenvalue weighted by atomic mass is 10.1. The Bertz CT molecular complexity index is 964. The van der Waals surface area contributed by atoms with Crippen LogP contribution < -0.4 is 5.32 Å². The van der Waals surface area contributed by atoms with Crippen LogP contribution in [0.3, 0.4) is 0 Å². The van der Waals surface area contributed by atoms with E-state index >= 15 is 0 Å². The van der Waals surface area contributed by atoms with E-state index in [2.05, 4.69) is 26.5 Å². The molecule has 0 bridgehead atoms. The molecule has 6 nitrogen and oxygen atoms in total. The number of oxime groups is 1. The van der Waals surface area contributed by atoms with Gasteiger partial charge in [-0.3, -0.25) is 0 Å². The standard InChI is InChI=1S/C18H12ClN5O/c19-14-3-1-2-13(10-14)17(24-25)16-8-9-21-18(23-16)22-15-6-4-12(11-20)5-7-15/h1-10,25H,(H,21,22,23)/b24-17+. The zero-order chi connectivity index (χ0) is 17.6. The first-order chi connectivity index (χ1) is 12.2. The van der Waals surface area contributed by atoms with Crippen LogP contribution in [0.4, 0.5) is 11.6 Å². The van der Waals surface area contributed by atoms with Crippen molar-refractivity contribution in [2.24, 2.45) is 5.16 Å². The van der Waals surface area contributed by atoms with Crippen molar-refractivity contribution >= 4 is 28.9 Å². The number of nitriles is 1. The highest BCUT2D eigenvalue weighted by Gasteiger charge is 2.11. The molecule has 0 saturated heterocycles. The lowest BCUT2D eigenvalue weighted by Gasteiger charge is -2.08. The van der Waals surface area contributed by atoms with Crippen LogP contribution >= 0.6 is 11.6 Å². The Balaban J connectivity index is 1.88. The van der Waals surface area contributed by atoms with Gasteiger partial charge in [0.1, 0.15) is 5.71 Å². The lowest BCUT2D eigenvalue weighted by Crippen LogP contribution is -2.08. The molecule has 0 atom stereocenters. The number of hydrogen-bond donors (Lipinski definition) is 2. The molecule has 2 aromatic carbocycles. The molecule has 0 aliphatic heterocycles. The van der Waals surface area contributed by atoms with Crippen LogP contribution in [0.5, 0.6) is 0 Å². The molecule has 0 aliphatic carbocycles. The zero-order valence-electron chi connectivity index (χ0n) is 12.9. The molecule has 25 heavy (non-hydrogen) atoms. The second kappa shape index (κ2) is 7.43. The maximum absolute atomic E-state index is 9.40. The quantitative estimate of drug-likeness (QED) is 0.422. The highest BCUT2D eigenvalue weighted by Crippen LogP contribution is 2.17. The molecular formula is C18H12ClN5O. The summed E-state index contributed by atoms with van der Waals surface area (Å²) in [6.45, 7) is 0. The highest BCUT2D eigenvalue weighted by atomic mass is 35.5. The van der Waals surface area contributed by atoms with Crippen molar-refractivity contribution in [2.45, 2.75) is 0 Å². The summed E-state index contributed by atoms with van der Waals surface area (Å²) in [4.78, 5) is 8.52. The molecule has 0 unspecified atom stereocenters. The van der Waals surface area contributed by atoms with Crippen molar-refractivity contribution in [3.63, 3.8) is 0 Å². The third-order valence-corrected chi connectivity index (χ3v) is 3.60. The van der Waals surface area contributed by atoms with Crippen molar-refractivity contribution < 1.29 is 5.21 Å². The fourth-order valence-corrected chi connectivity index (χ4v) is 2.39. The summed E-state index contributed by atoms with van der Waals surface area (Å²) >= 11 is 5.99. The van der Waals surface area contributed by atoms with E-state index in [0.29, 0.717) is 27.8 Å². The SMILES string of the molecule is N#Cc1ccc(Nc2nccc(/C(=N/O)c3cccc(Cl)c3)n2)cc1. The molecule has 0 radical (unpaired) electrons. The molecular weight excluding hydrogens is 338 g/mol. The van der Waals surface area contributed by atoms with Crippen molar-refractivity contribution in [3.05, 3.63) is 82.6 Å². The summed E-state index contributed by atoms with van der Waals surface area (Å²) in [5, 5.41) is 25.1. The predicted octanol–water partition coefficient (Wildman–Crippen LogP) is 3.97. The number of anilines is 2. The largest absolute Gasteiger partial charge is 0.410 e. The van der Waals surface area contributed by atoms with Gasteiger partial charge in [-0.1, -0.05) is 28.9 Å². The summed E-state index contributed by atoms with van der Waals surface area (Å²) < 4.78 is 0. The summed E-state index contributed by atoms with van der Waals surface area (Å²) in [5.41, 5.74) is 2.67. The molecule has 3 rings (SSSR count). The van der Waals surface area contributed by atoms with Gasteiger partial charge in [-0.15, -0.1) is 0 Å². The monoisotopic (exact) mass is 349 g/mol. The number of nitrogens with zero attached hydrogens (tertiary/aromatic N) is 4. The first kappa shape index (κ1) is 16.4. The van der Waals surface area contributed by atoms with Gasteiger partial charge in [0.15, 0.2) is 0 Å². The molecule has 0 saturated carbocycles. The maximum Gasteiger partial charge on any atom is 0.227 e. The minimum absolute atomic E-state index is 0.285. The van der Waals surface area contributed by atoms with E-state index in [0.717, 1.165) is 5.69 Å². The van der Waals surface area contributed by atoms with Crippen LogP contribution in [0.2, 0.25) is 5.02 Å². The molecule has 0 fully saturated rings. The van der Waals surface area contributed by atoms with E-state index in [1.165, 1.54) is 0 Å². The minimum Gasteiger partial charge on any atom is -0.410 e. The number of aromatic nitrogens is 2. The third kappa shape index (κ3) is 3.91. The van der Waals surface area contributed by atoms with E-state index in [1.807, 2.05) is 0 Å². The van der Waals surface area contributed by atoms with Gasteiger partial charge in [0.05, 0.1) is 17.3 Å². The minimum atomic E-state index is 0.285. The highest BCUT2D eigenvalue weighted by molar-refractivity contribution is 6.31. The molecule has 1 aromatic heterocycles. The molecule has 7 heteroatoms. The van der Waals surface area contributed by atoms with Crippen LogP contribution in [0.25, 0.3) is 0 Å². The first-order valence-corrected chi connectivity index (χ1v) is 7.66. The fourth-order valence-electron chi connectivity index (χ4n) is 2.20. The number of nitrogens with one attached hydrogen (secondary N) is 1. The summed E-state index contributed by atoms with van der Waals surface area (Å²) in [7, 11) is 0. The van der Waals surface area contributed by atoms with Gasteiger partial charge >= 0.3 is 0 Å². The topological polar surface area (TPSA) is 94.2 Å². The summed E-state index contributed by atoms with van der Waals surface area (Å²) in [6.07, 6.45) is 1.56. The molecule has 0 spiro atoms. The van der Waals surface area contributed by atoms with Crippen molar-refractivity contribution in [1.82, 2.24) is 9.97 Å². The van der Waals surface area contributed by atoms with Gasteiger partial charge in [0.2, 0.25) is 5.95 Å². The smallest absolute Gasteiger partial charge is 0.227 e. The second-order valence-corrected chi connectivity index (χ2v) is 5.48. The number of hydrogen-bond acceptors (Lipinski definition) is 6. The first-order valence-electron chi connectivity index (χ1n) is 7.28. The molecule has 0 amide bonds. The predicted molar refractivity (Wildman–Crippen MR) is 95.3 cm³/mol. The molecule has 122 valence electrons. The summed E-state index contributed by atoms with van der Waals surface area (Å²) in [5.74, 6) is 0.338. The Kier molecular flexibility index (Phi) is 4.88. The van der Waals surface area contributed by atoms with Gasteiger partial charge in [0, 0.05) is 22.5 Å². The van der Waals surface area contributed by atoms with E-state index in [9.17, 15) is 5.21 Å². The van der Waals surface area contributed by atoms with Gasteiger partial charge < -0.3 is 10.5 Å². The van der Waals surface area contributed by atoms with E-state index in [1.54, 1.807) is 60.8 Å². The van der Waals surface area contributed by atoms with Crippen LogP contribution in [0.1, 0.15) is 16.8 Å². The Labute approximate surface area is 149 Å². The van der Waals surface area contributed by atoms with E-state index in [-0.39, 0.29) is 5.71 Å². The van der Waals surface area contributed by atoms with E-state index in [4.69, 9.17) is 16.9 Å². The van der Waals surface area contributed by atoms with Crippen molar-refractivity contribution in [1.29, 1.82) is 5.26 Å². The normalized spacial score (nSPS) is 11.0. The maximum atomic E-state index is 9.40. The third-order valence-electron chi connectivity index (χ3n) is 3.37. The van der Waals surface area contributed by atoms with Crippen LogP contribution in [0, 0.1) is 11.3 Å². The average Bonchev–Trinajstić information content (AvgIpc) is 2.63. The molecule has 0 aliphatic rings. The second-order valence-electron chi connectivity index (χ2n) is 5.04. The number of halogens is 1. The molecule has 3 aromatic rings. The Morgan fingerprint density at radius 2 is 1.96 bits per heavy atom. The van der Waals surface area contributed by atoms with E-state index < -0.39 is 0 Å². The van der Waals surface area contributed by atoms with Crippen molar-refractivity contribution in [3.8, 4) is 6.07 Å². The summed E-state index contributed by atoms with van der Waals surface area (Å²) in [6, 6.07) is 17.6. The fraction of sp³-hybridized carbons (Fsp3) is 0. The van der Waals surface area contributed by atoms with Gasteiger partial charge in [-0.05, 0) is 42.5 Å². The van der Waals surface area contributed by atoms with Crippen molar-refractivity contribution in [2.75, 3.05) is 5.32 Å². The number of benzene rings is 2. The lowest BCUT2D eigenvalue weighted by molar-refractivity contribution is 0.319. The number of rotatable bonds is 4. The Morgan fingerprint density at radius 1 is 1.16 bits per heavy atom. The van der Waals surface area contributed by atoms with Crippen LogP contribution in [0.15, 0.2) is 65.9 Å². The van der Waals surface area contributed by atoms with Gasteiger partial charge in [0.25, 0.3) is 0 Å². The van der Waals surface area contributed by atoms with Crippen LogP contribution in [-0.2, 0) is 0 Å². The Hall–Kier alpha value is -3.43. The van der Waals surface area contributed by atoms with Gasteiger partial charge in [-0.2, -0.15) is 5.26 Å². The van der Waals surface area contributed by atoms with Gasteiger partial charge in [-0.25, -0.2) is 9.97 Å². The zero-order valence-corrected chi connectivity index (χ0v) is 13.6. The molecule has 1 heterocycles.